The molecule has 23 heavy (non-hydrogen) atoms. The number of halogens is 1. The van der Waals surface area contributed by atoms with Crippen LogP contribution in [0, 0.1) is 6.92 Å². The van der Waals surface area contributed by atoms with Crippen LogP contribution in [0.2, 0.25) is 5.15 Å². The average Bonchev–Trinajstić information content (AvgIpc) is 2.93. The highest BCUT2D eigenvalue weighted by molar-refractivity contribution is 6.30. The van der Waals surface area contributed by atoms with Crippen molar-refractivity contribution in [3.63, 3.8) is 0 Å². The van der Waals surface area contributed by atoms with Crippen LogP contribution in [0.4, 0.5) is 0 Å². The van der Waals surface area contributed by atoms with Gasteiger partial charge in [-0.05, 0) is 12.5 Å². The number of benzene rings is 2. The molecule has 0 saturated carbocycles. The van der Waals surface area contributed by atoms with Crippen LogP contribution in [-0.4, -0.2) is 14.6 Å². The van der Waals surface area contributed by atoms with Crippen LogP contribution < -0.4 is 0 Å². The largest absolute Gasteiger partial charge is 0.228 e. The first-order valence-electron chi connectivity index (χ1n) is 7.41. The van der Waals surface area contributed by atoms with Crippen molar-refractivity contribution in [3.8, 4) is 22.4 Å². The monoisotopic (exact) mass is 319 g/mol. The number of aromatic nitrogens is 3. The van der Waals surface area contributed by atoms with Gasteiger partial charge < -0.3 is 0 Å². The van der Waals surface area contributed by atoms with Gasteiger partial charge in [0, 0.05) is 17.2 Å². The first-order chi connectivity index (χ1) is 11.2. The van der Waals surface area contributed by atoms with Crippen molar-refractivity contribution in [3.05, 3.63) is 77.6 Å². The van der Waals surface area contributed by atoms with Gasteiger partial charge in [0.1, 0.15) is 5.15 Å². The Balaban J connectivity index is 2.02. The normalized spacial score (nSPS) is 11.0. The lowest BCUT2D eigenvalue weighted by Crippen LogP contribution is -1.95. The molecule has 112 valence electrons. The van der Waals surface area contributed by atoms with Gasteiger partial charge in [-0.15, -0.1) is 0 Å². The minimum atomic E-state index is 0.555. The number of rotatable bonds is 2. The van der Waals surface area contributed by atoms with Crippen molar-refractivity contribution in [2.45, 2.75) is 6.92 Å². The molecule has 0 saturated heterocycles. The lowest BCUT2D eigenvalue weighted by atomic mass is 10.1. The Labute approximate surface area is 139 Å². The predicted octanol–water partition coefficient (Wildman–Crippen LogP) is 5.03. The van der Waals surface area contributed by atoms with Crippen LogP contribution in [0.25, 0.3) is 28.0 Å². The zero-order chi connectivity index (χ0) is 15.8. The molecule has 0 aliphatic heterocycles. The number of hydrogen-bond donors (Lipinski definition) is 0. The van der Waals surface area contributed by atoms with Gasteiger partial charge in [0.25, 0.3) is 0 Å². The van der Waals surface area contributed by atoms with E-state index in [9.17, 15) is 0 Å². The van der Waals surface area contributed by atoms with Gasteiger partial charge in [0.05, 0.1) is 11.4 Å². The molecule has 0 radical (unpaired) electrons. The van der Waals surface area contributed by atoms with E-state index in [1.165, 1.54) is 0 Å². The van der Waals surface area contributed by atoms with Crippen molar-refractivity contribution in [1.29, 1.82) is 0 Å². The number of hydrogen-bond acceptors (Lipinski definition) is 2. The van der Waals surface area contributed by atoms with Crippen molar-refractivity contribution in [2.24, 2.45) is 0 Å². The summed E-state index contributed by atoms with van der Waals surface area (Å²) in [5.74, 6) is 0. The van der Waals surface area contributed by atoms with Crippen molar-refractivity contribution < 1.29 is 0 Å². The fourth-order valence-corrected chi connectivity index (χ4v) is 3.01. The van der Waals surface area contributed by atoms with E-state index in [0.717, 1.165) is 33.7 Å². The van der Waals surface area contributed by atoms with Gasteiger partial charge in [0.2, 0.25) is 0 Å². The first kappa shape index (κ1) is 14.0. The Morgan fingerprint density at radius 1 is 0.870 bits per heavy atom. The summed E-state index contributed by atoms with van der Waals surface area (Å²) in [6, 6.07) is 22.0. The average molecular weight is 320 g/mol. The van der Waals surface area contributed by atoms with E-state index >= 15 is 0 Å². The molecule has 0 bridgehead atoms. The Morgan fingerprint density at radius 2 is 1.48 bits per heavy atom. The lowest BCUT2D eigenvalue weighted by Gasteiger charge is -2.05. The van der Waals surface area contributed by atoms with Crippen LogP contribution in [-0.2, 0) is 0 Å². The van der Waals surface area contributed by atoms with E-state index in [2.05, 4.69) is 17.2 Å². The minimum Gasteiger partial charge on any atom is -0.228 e. The molecule has 0 spiro atoms. The summed E-state index contributed by atoms with van der Waals surface area (Å²) in [6.45, 7) is 1.98. The summed E-state index contributed by atoms with van der Waals surface area (Å²) in [5.41, 5.74) is 5.69. The van der Waals surface area contributed by atoms with Gasteiger partial charge in [-0.25, -0.2) is 9.50 Å². The Kier molecular flexibility index (Phi) is 3.36. The van der Waals surface area contributed by atoms with Gasteiger partial charge in [0.15, 0.2) is 5.65 Å². The van der Waals surface area contributed by atoms with Crippen LogP contribution >= 0.6 is 11.6 Å². The van der Waals surface area contributed by atoms with Crippen LogP contribution in [0.1, 0.15) is 5.69 Å². The topological polar surface area (TPSA) is 30.2 Å². The highest BCUT2D eigenvalue weighted by atomic mass is 35.5. The second-order valence-corrected chi connectivity index (χ2v) is 5.78. The van der Waals surface area contributed by atoms with Crippen LogP contribution in [0.5, 0.6) is 0 Å². The molecule has 0 unspecified atom stereocenters. The molecule has 0 aliphatic rings. The molecule has 3 nitrogen and oxygen atoms in total. The summed E-state index contributed by atoms with van der Waals surface area (Å²) in [6.07, 6.45) is 0. The maximum absolute atomic E-state index is 6.45. The smallest absolute Gasteiger partial charge is 0.165 e. The van der Waals surface area contributed by atoms with Gasteiger partial charge in [-0.1, -0.05) is 72.3 Å². The number of aryl methyl sites for hydroxylation is 1. The van der Waals surface area contributed by atoms with E-state index in [1.54, 1.807) is 4.52 Å². The van der Waals surface area contributed by atoms with Crippen LogP contribution in [0.3, 0.4) is 0 Å². The Bertz CT molecular complexity index is 976. The summed E-state index contributed by atoms with van der Waals surface area (Å²) in [4.78, 5) is 4.82. The molecule has 2 aromatic heterocycles. The lowest BCUT2D eigenvalue weighted by molar-refractivity contribution is 0.919. The number of fused-ring (bicyclic) bond motifs is 1. The molecule has 0 amide bonds. The standard InChI is InChI=1S/C19H14ClN3/c1-13-18(15-10-6-3-7-11-15)19-21-16(12-17(20)23(19)22-13)14-8-4-2-5-9-14/h2-12H,1H3. The van der Waals surface area contributed by atoms with E-state index in [4.69, 9.17) is 16.6 Å². The quantitative estimate of drug-likeness (QED) is 0.485. The van der Waals surface area contributed by atoms with E-state index in [1.807, 2.05) is 61.5 Å². The maximum Gasteiger partial charge on any atom is 0.165 e. The van der Waals surface area contributed by atoms with Crippen molar-refractivity contribution >= 4 is 17.2 Å². The second kappa shape index (κ2) is 5.52. The molecule has 4 heteroatoms. The second-order valence-electron chi connectivity index (χ2n) is 5.39. The van der Waals surface area contributed by atoms with Gasteiger partial charge >= 0.3 is 0 Å². The van der Waals surface area contributed by atoms with Gasteiger partial charge in [-0.2, -0.15) is 5.10 Å². The van der Waals surface area contributed by atoms with Crippen LogP contribution in [0.15, 0.2) is 66.7 Å². The summed E-state index contributed by atoms with van der Waals surface area (Å²) >= 11 is 6.45. The highest BCUT2D eigenvalue weighted by Crippen LogP contribution is 2.31. The fourth-order valence-electron chi connectivity index (χ4n) is 2.79. The molecular weight excluding hydrogens is 306 g/mol. The summed E-state index contributed by atoms with van der Waals surface area (Å²) in [7, 11) is 0. The van der Waals surface area contributed by atoms with E-state index in [0.29, 0.717) is 5.15 Å². The SMILES string of the molecule is Cc1nn2c(Cl)cc(-c3ccccc3)nc2c1-c1ccccc1. The summed E-state index contributed by atoms with van der Waals surface area (Å²) in [5, 5.41) is 5.10. The predicted molar refractivity (Wildman–Crippen MR) is 93.6 cm³/mol. The molecule has 4 aromatic rings. The highest BCUT2D eigenvalue weighted by Gasteiger charge is 2.16. The van der Waals surface area contributed by atoms with E-state index in [-0.39, 0.29) is 0 Å². The third-order valence-electron chi connectivity index (χ3n) is 3.85. The maximum atomic E-state index is 6.45. The van der Waals surface area contributed by atoms with Gasteiger partial charge in [-0.3, -0.25) is 0 Å². The molecule has 0 aliphatic carbocycles. The zero-order valence-corrected chi connectivity index (χ0v) is 13.3. The molecule has 0 atom stereocenters. The fraction of sp³-hybridized carbons (Fsp3) is 0.0526. The minimum absolute atomic E-state index is 0.555. The Morgan fingerprint density at radius 3 is 2.13 bits per heavy atom. The molecule has 0 fully saturated rings. The van der Waals surface area contributed by atoms with E-state index < -0.39 is 0 Å². The molecule has 2 aromatic carbocycles. The Hall–Kier alpha value is -2.65. The molecule has 0 N–H and O–H groups in total. The molecule has 4 rings (SSSR count). The molecular formula is C19H14ClN3. The zero-order valence-electron chi connectivity index (χ0n) is 12.6. The van der Waals surface area contributed by atoms with Crippen molar-refractivity contribution in [1.82, 2.24) is 14.6 Å². The third-order valence-corrected chi connectivity index (χ3v) is 4.12. The van der Waals surface area contributed by atoms with Crippen molar-refractivity contribution in [2.75, 3.05) is 0 Å². The first-order valence-corrected chi connectivity index (χ1v) is 7.78. The molecule has 2 heterocycles. The number of nitrogens with zero attached hydrogens (tertiary/aromatic N) is 3. The summed E-state index contributed by atoms with van der Waals surface area (Å²) < 4.78 is 1.70. The third kappa shape index (κ3) is 2.39.